The van der Waals surface area contributed by atoms with Crippen LogP contribution < -0.4 is 0 Å². The summed E-state index contributed by atoms with van der Waals surface area (Å²) in [4.78, 5) is 15.2. The molecule has 0 aliphatic rings. The minimum absolute atomic E-state index is 0.0831. The molecule has 0 bridgehead atoms. The van der Waals surface area contributed by atoms with E-state index in [4.69, 9.17) is 5.11 Å². The number of hydrogen-bond donors (Lipinski definition) is 1. The van der Waals surface area contributed by atoms with Crippen LogP contribution in [0.5, 0.6) is 0 Å². The van der Waals surface area contributed by atoms with Crippen molar-refractivity contribution < 1.29 is 9.90 Å². The van der Waals surface area contributed by atoms with Crippen LogP contribution in [-0.4, -0.2) is 20.6 Å². The molecular formula is C13H13BrN2O2. The van der Waals surface area contributed by atoms with Gasteiger partial charge in [-0.2, -0.15) is 0 Å². The van der Waals surface area contributed by atoms with Gasteiger partial charge in [0.1, 0.15) is 10.4 Å². The third-order valence-corrected chi connectivity index (χ3v) is 3.68. The number of rotatable bonds is 3. The van der Waals surface area contributed by atoms with E-state index in [-0.39, 0.29) is 6.42 Å². The van der Waals surface area contributed by atoms with Crippen LogP contribution in [0.25, 0.3) is 11.4 Å². The number of nitrogens with zero attached hydrogens (tertiary/aromatic N) is 2. The molecule has 0 atom stereocenters. The van der Waals surface area contributed by atoms with Crippen LogP contribution >= 0.6 is 15.9 Å². The molecule has 0 saturated heterocycles. The SMILES string of the molecule is Cc1cccc(-c2nc(CC(=O)O)c(Br)n2C)c1. The highest BCUT2D eigenvalue weighted by atomic mass is 79.9. The van der Waals surface area contributed by atoms with Crippen molar-refractivity contribution in [3.8, 4) is 11.4 Å². The van der Waals surface area contributed by atoms with E-state index in [1.165, 1.54) is 0 Å². The van der Waals surface area contributed by atoms with Crippen molar-refractivity contribution in [2.45, 2.75) is 13.3 Å². The number of carbonyl (C=O) groups is 1. The Hall–Kier alpha value is -1.62. The monoisotopic (exact) mass is 308 g/mol. The second kappa shape index (κ2) is 4.94. The molecule has 1 aromatic heterocycles. The van der Waals surface area contributed by atoms with E-state index in [1.807, 2.05) is 42.8 Å². The fourth-order valence-corrected chi connectivity index (χ4v) is 2.23. The average molecular weight is 309 g/mol. The first kappa shape index (κ1) is 12.8. The van der Waals surface area contributed by atoms with Crippen LogP contribution in [-0.2, 0) is 18.3 Å². The molecule has 0 aliphatic carbocycles. The zero-order valence-corrected chi connectivity index (χ0v) is 11.7. The fraction of sp³-hybridized carbons (Fsp3) is 0.231. The summed E-state index contributed by atoms with van der Waals surface area (Å²) in [5.41, 5.74) is 2.67. The molecule has 1 aromatic carbocycles. The van der Waals surface area contributed by atoms with E-state index in [0.717, 1.165) is 17.0 Å². The van der Waals surface area contributed by atoms with Gasteiger partial charge in [-0.3, -0.25) is 4.79 Å². The van der Waals surface area contributed by atoms with Gasteiger partial charge in [0.2, 0.25) is 0 Å². The first-order valence-corrected chi connectivity index (χ1v) is 6.28. The van der Waals surface area contributed by atoms with Crippen molar-refractivity contribution in [3.05, 3.63) is 40.1 Å². The lowest BCUT2D eigenvalue weighted by molar-refractivity contribution is -0.136. The number of aliphatic carboxylic acids is 1. The maximum absolute atomic E-state index is 10.8. The Kier molecular flexibility index (Phi) is 3.52. The quantitative estimate of drug-likeness (QED) is 0.948. The van der Waals surface area contributed by atoms with Gasteiger partial charge in [-0.25, -0.2) is 4.98 Å². The Balaban J connectivity index is 2.49. The maximum Gasteiger partial charge on any atom is 0.309 e. The van der Waals surface area contributed by atoms with Crippen molar-refractivity contribution in [2.75, 3.05) is 0 Å². The predicted octanol–water partition coefficient (Wildman–Crippen LogP) is 2.79. The third-order valence-electron chi connectivity index (χ3n) is 2.69. The van der Waals surface area contributed by atoms with Crippen molar-refractivity contribution in [3.63, 3.8) is 0 Å². The van der Waals surface area contributed by atoms with Crippen LogP contribution in [0.1, 0.15) is 11.3 Å². The standard InChI is InChI=1S/C13H13BrN2O2/c1-8-4-3-5-9(6-8)13-15-10(7-11(17)18)12(14)16(13)2/h3-6H,7H2,1-2H3,(H,17,18). The highest BCUT2D eigenvalue weighted by Gasteiger charge is 2.16. The average Bonchev–Trinajstić information content (AvgIpc) is 2.57. The van der Waals surface area contributed by atoms with Crippen LogP contribution in [0, 0.1) is 6.92 Å². The number of halogens is 1. The van der Waals surface area contributed by atoms with E-state index in [2.05, 4.69) is 20.9 Å². The molecule has 0 fully saturated rings. The van der Waals surface area contributed by atoms with Crippen LogP contribution in [0.3, 0.4) is 0 Å². The molecule has 0 amide bonds. The van der Waals surface area contributed by atoms with Gasteiger partial charge in [-0.1, -0.05) is 23.8 Å². The molecule has 0 radical (unpaired) electrons. The molecule has 0 spiro atoms. The minimum atomic E-state index is -0.885. The summed E-state index contributed by atoms with van der Waals surface area (Å²) in [5, 5.41) is 8.84. The summed E-state index contributed by atoms with van der Waals surface area (Å²) in [5.74, 6) is -0.119. The smallest absolute Gasteiger partial charge is 0.309 e. The molecule has 18 heavy (non-hydrogen) atoms. The number of imidazole rings is 1. The Bertz CT molecular complexity index is 605. The number of aryl methyl sites for hydroxylation is 1. The lowest BCUT2D eigenvalue weighted by Gasteiger charge is -2.03. The van der Waals surface area contributed by atoms with Crippen LogP contribution in [0.2, 0.25) is 0 Å². The highest BCUT2D eigenvalue weighted by molar-refractivity contribution is 9.10. The van der Waals surface area contributed by atoms with Crippen molar-refractivity contribution in [1.29, 1.82) is 0 Å². The largest absolute Gasteiger partial charge is 0.481 e. The second-order valence-electron chi connectivity index (χ2n) is 4.17. The summed E-state index contributed by atoms with van der Waals surface area (Å²) >= 11 is 3.38. The predicted molar refractivity (Wildman–Crippen MR) is 72.4 cm³/mol. The third kappa shape index (κ3) is 2.46. The van der Waals surface area contributed by atoms with Crippen molar-refractivity contribution in [2.24, 2.45) is 7.05 Å². The van der Waals surface area contributed by atoms with E-state index in [9.17, 15) is 4.79 Å². The normalized spacial score (nSPS) is 10.6. The molecule has 1 N–H and O–H groups in total. The molecule has 0 saturated carbocycles. The first-order chi connectivity index (χ1) is 8.49. The summed E-state index contributed by atoms with van der Waals surface area (Å²) in [6, 6.07) is 7.97. The molecule has 2 aromatic rings. The van der Waals surface area contributed by atoms with Gasteiger partial charge in [-0.05, 0) is 28.9 Å². The summed E-state index contributed by atoms with van der Waals surface area (Å²) in [6.45, 7) is 2.01. The van der Waals surface area contributed by atoms with Gasteiger partial charge >= 0.3 is 5.97 Å². The number of carboxylic acids is 1. The summed E-state index contributed by atoms with van der Waals surface area (Å²) in [6.07, 6.45) is -0.0831. The zero-order valence-electron chi connectivity index (χ0n) is 10.1. The Labute approximate surface area is 113 Å². The number of hydrogen-bond acceptors (Lipinski definition) is 2. The fourth-order valence-electron chi connectivity index (χ4n) is 1.83. The molecule has 1 heterocycles. The molecule has 4 nitrogen and oxygen atoms in total. The van der Waals surface area contributed by atoms with Crippen molar-refractivity contribution in [1.82, 2.24) is 9.55 Å². The lowest BCUT2D eigenvalue weighted by atomic mass is 10.1. The van der Waals surface area contributed by atoms with Gasteiger partial charge in [0.25, 0.3) is 0 Å². The van der Waals surface area contributed by atoms with Gasteiger partial charge in [0.05, 0.1) is 12.1 Å². The first-order valence-electron chi connectivity index (χ1n) is 5.49. The number of carboxylic acid groups (broad SMARTS) is 1. The Morgan fingerprint density at radius 2 is 2.22 bits per heavy atom. The molecule has 5 heteroatoms. The second-order valence-corrected chi connectivity index (χ2v) is 4.92. The van der Waals surface area contributed by atoms with Crippen LogP contribution in [0.15, 0.2) is 28.9 Å². The van der Waals surface area contributed by atoms with Gasteiger partial charge < -0.3 is 9.67 Å². The van der Waals surface area contributed by atoms with E-state index in [1.54, 1.807) is 0 Å². The molecule has 0 unspecified atom stereocenters. The molecule has 0 aliphatic heterocycles. The highest BCUT2D eigenvalue weighted by Crippen LogP contribution is 2.26. The Morgan fingerprint density at radius 1 is 1.50 bits per heavy atom. The molecule has 94 valence electrons. The van der Waals surface area contributed by atoms with E-state index >= 15 is 0 Å². The van der Waals surface area contributed by atoms with Crippen molar-refractivity contribution >= 4 is 21.9 Å². The summed E-state index contributed by atoms with van der Waals surface area (Å²) in [7, 11) is 1.86. The number of aromatic nitrogens is 2. The van der Waals surface area contributed by atoms with Gasteiger partial charge in [-0.15, -0.1) is 0 Å². The van der Waals surface area contributed by atoms with E-state index < -0.39 is 5.97 Å². The molecule has 2 rings (SSSR count). The maximum atomic E-state index is 10.8. The summed E-state index contributed by atoms with van der Waals surface area (Å²) < 4.78 is 2.56. The zero-order chi connectivity index (χ0) is 13.3. The lowest BCUT2D eigenvalue weighted by Crippen LogP contribution is -2.01. The van der Waals surface area contributed by atoms with Gasteiger partial charge in [0, 0.05) is 12.6 Å². The van der Waals surface area contributed by atoms with E-state index in [0.29, 0.717) is 10.3 Å². The Morgan fingerprint density at radius 3 is 2.83 bits per heavy atom. The topological polar surface area (TPSA) is 55.1 Å². The number of benzene rings is 1. The van der Waals surface area contributed by atoms with Gasteiger partial charge in [0.15, 0.2) is 0 Å². The molecular weight excluding hydrogens is 296 g/mol. The minimum Gasteiger partial charge on any atom is -0.481 e. The van der Waals surface area contributed by atoms with Crippen LogP contribution in [0.4, 0.5) is 0 Å².